The molecule has 16 heavy (non-hydrogen) atoms. The Bertz CT molecular complexity index is 382. The van der Waals surface area contributed by atoms with Gasteiger partial charge in [-0.2, -0.15) is 5.10 Å². The summed E-state index contributed by atoms with van der Waals surface area (Å²) in [4.78, 5) is 11.1. The molecule has 1 saturated carbocycles. The Morgan fingerprint density at radius 3 is 2.75 bits per heavy atom. The fourth-order valence-electron chi connectivity index (χ4n) is 1.58. The summed E-state index contributed by atoms with van der Waals surface area (Å²) >= 11 is 0. The van der Waals surface area contributed by atoms with E-state index in [1.165, 1.54) is 0 Å². The van der Waals surface area contributed by atoms with E-state index < -0.39 is 12.0 Å². The monoisotopic (exact) mass is 223 g/mol. The molecule has 1 aromatic heterocycles. The van der Waals surface area contributed by atoms with Gasteiger partial charge in [-0.3, -0.25) is 14.8 Å². The van der Waals surface area contributed by atoms with Crippen molar-refractivity contribution in [1.82, 2.24) is 15.1 Å². The molecular formula is C11H17N3O2. The molecule has 0 radical (unpaired) electrons. The van der Waals surface area contributed by atoms with Gasteiger partial charge < -0.3 is 5.11 Å². The molecule has 2 N–H and O–H groups in total. The predicted molar refractivity (Wildman–Crippen MR) is 59.1 cm³/mol. The molecule has 1 fully saturated rings. The third-order valence-corrected chi connectivity index (χ3v) is 2.71. The Morgan fingerprint density at radius 2 is 2.31 bits per heavy atom. The van der Waals surface area contributed by atoms with Crippen molar-refractivity contribution in [1.29, 1.82) is 0 Å². The van der Waals surface area contributed by atoms with Crippen molar-refractivity contribution < 1.29 is 9.90 Å². The van der Waals surface area contributed by atoms with Gasteiger partial charge in [-0.05, 0) is 26.7 Å². The maximum absolute atomic E-state index is 11.1. The minimum Gasteiger partial charge on any atom is -0.480 e. The van der Waals surface area contributed by atoms with E-state index in [1.54, 1.807) is 17.1 Å². The molecule has 2 rings (SSSR count). The van der Waals surface area contributed by atoms with Gasteiger partial charge >= 0.3 is 5.97 Å². The van der Waals surface area contributed by atoms with E-state index in [-0.39, 0.29) is 6.04 Å². The van der Waals surface area contributed by atoms with Crippen LogP contribution in [0.2, 0.25) is 0 Å². The van der Waals surface area contributed by atoms with Crippen LogP contribution in [-0.2, 0) is 4.79 Å². The lowest BCUT2D eigenvalue weighted by atomic mass is 10.1. The third-order valence-electron chi connectivity index (χ3n) is 2.71. The van der Waals surface area contributed by atoms with Crippen molar-refractivity contribution in [2.24, 2.45) is 0 Å². The van der Waals surface area contributed by atoms with Crippen LogP contribution in [0, 0.1) is 0 Å². The SMILES string of the molecule is CC(C)n1cc(C(NC2CC2)C(=O)O)cn1. The Morgan fingerprint density at radius 1 is 1.62 bits per heavy atom. The fraction of sp³-hybridized carbons (Fsp3) is 0.636. The van der Waals surface area contributed by atoms with E-state index in [9.17, 15) is 4.79 Å². The van der Waals surface area contributed by atoms with E-state index in [0.29, 0.717) is 6.04 Å². The van der Waals surface area contributed by atoms with Gasteiger partial charge in [0.2, 0.25) is 0 Å². The number of carbonyl (C=O) groups is 1. The average Bonchev–Trinajstić information content (AvgIpc) is 2.89. The Hall–Kier alpha value is -1.36. The van der Waals surface area contributed by atoms with Crippen molar-refractivity contribution in [2.45, 2.75) is 44.8 Å². The standard InChI is InChI=1S/C11H17N3O2/c1-7(2)14-6-8(5-12-14)10(11(15)16)13-9-3-4-9/h5-7,9-10,13H,3-4H2,1-2H3,(H,15,16). The number of hydrogen-bond acceptors (Lipinski definition) is 3. The molecule has 0 saturated heterocycles. The lowest BCUT2D eigenvalue weighted by molar-refractivity contribution is -0.139. The highest BCUT2D eigenvalue weighted by atomic mass is 16.4. The third kappa shape index (κ3) is 2.41. The highest BCUT2D eigenvalue weighted by Gasteiger charge is 2.30. The second-order valence-electron chi connectivity index (χ2n) is 4.56. The molecule has 1 unspecified atom stereocenters. The molecule has 0 aromatic carbocycles. The number of nitrogens with one attached hydrogen (secondary N) is 1. The van der Waals surface area contributed by atoms with E-state index in [4.69, 9.17) is 5.11 Å². The zero-order valence-electron chi connectivity index (χ0n) is 9.55. The van der Waals surface area contributed by atoms with E-state index in [0.717, 1.165) is 18.4 Å². The number of nitrogens with zero attached hydrogens (tertiary/aromatic N) is 2. The first-order chi connectivity index (χ1) is 7.58. The van der Waals surface area contributed by atoms with Crippen LogP contribution in [0.4, 0.5) is 0 Å². The van der Waals surface area contributed by atoms with Crippen LogP contribution >= 0.6 is 0 Å². The van der Waals surface area contributed by atoms with Crippen molar-refractivity contribution in [3.8, 4) is 0 Å². The maximum atomic E-state index is 11.1. The molecule has 0 bridgehead atoms. The molecule has 5 heteroatoms. The second kappa shape index (κ2) is 4.25. The lowest BCUT2D eigenvalue weighted by Gasteiger charge is -2.11. The van der Waals surface area contributed by atoms with Gasteiger partial charge in [-0.25, -0.2) is 0 Å². The predicted octanol–water partition coefficient (Wildman–Crippen LogP) is 1.34. The summed E-state index contributed by atoms with van der Waals surface area (Å²) in [5.41, 5.74) is 0.730. The van der Waals surface area contributed by atoms with Crippen LogP contribution in [0.3, 0.4) is 0 Å². The molecule has 0 aliphatic heterocycles. The minimum absolute atomic E-state index is 0.254. The summed E-state index contributed by atoms with van der Waals surface area (Å²) in [5.74, 6) is -0.838. The van der Waals surface area contributed by atoms with Crippen LogP contribution in [0.1, 0.15) is 44.3 Å². The largest absolute Gasteiger partial charge is 0.480 e. The van der Waals surface area contributed by atoms with Gasteiger partial charge in [0.25, 0.3) is 0 Å². The number of hydrogen-bond donors (Lipinski definition) is 2. The molecule has 0 amide bonds. The van der Waals surface area contributed by atoms with Crippen LogP contribution in [0.5, 0.6) is 0 Å². The first kappa shape index (κ1) is 11.1. The summed E-state index contributed by atoms with van der Waals surface area (Å²) in [7, 11) is 0. The fourth-order valence-corrected chi connectivity index (χ4v) is 1.58. The molecule has 1 aliphatic carbocycles. The normalized spacial score (nSPS) is 17.7. The first-order valence-electron chi connectivity index (χ1n) is 5.61. The molecule has 0 spiro atoms. The van der Waals surface area contributed by atoms with Crippen molar-refractivity contribution in [3.05, 3.63) is 18.0 Å². The van der Waals surface area contributed by atoms with Gasteiger partial charge in [-0.15, -0.1) is 0 Å². The van der Waals surface area contributed by atoms with Crippen LogP contribution < -0.4 is 5.32 Å². The highest BCUT2D eigenvalue weighted by molar-refractivity contribution is 5.75. The number of carboxylic acid groups (broad SMARTS) is 1. The van der Waals surface area contributed by atoms with Gasteiger partial charge in [0.05, 0.1) is 6.20 Å². The van der Waals surface area contributed by atoms with E-state index in [1.807, 2.05) is 13.8 Å². The van der Waals surface area contributed by atoms with Crippen molar-refractivity contribution >= 4 is 5.97 Å². The zero-order valence-corrected chi connectivity index (χ0v) is 9.55. The lowest BCUT2D eigenvalue weighted by Crippen LogP contribution is -2.29. The summed E-state index contributed by atoms with van der Waals surface area (Å²) in [6.07, 6.45) is 5.58. The molecule has 88 valence electrons. The quantitative estimate of drug-likeness (QED) is 0.790. The van der Waals surface area contributed by atoms with Crippen LogP contribution in [0.15, 0.2) is 12.4 Å². The summed E-state index contributed by atoms with van der Waals surface area (Å²) in [6.45, 7) is 4.03. The molecule has 5 nitrogen and oxygen atoms in total. The first-order valence-corrected chi connectivity index (χ1v) is 5.61. The number of rotatable bonds is 5. The van der Waals surface area contributed by atoms with Crippen LogP contribution in [-0.4, -0.2) is 26.9 Å². The highest BCUT2D eigenvalue weighted by Crippen LogP contribution is 2.24. The van der Waals surface area contributed by atoms with E-state index >= 15 is 0 Å². The van der Waals surface area contributed by atoms with Gasteiger partial charge in [0.15, 0.2) is 0 Å². The number of aromatic nitrogens is 2. The smallest absolute Gasteiger partial charge is 0.325 e. The van der Waals surface area contributed by atoms with Gasteiger partial charge in [0, 0.05) is 23.8 Å². The minimum atomic E-state index is -0.838. The van der Waals surface area contributed by atoms with Crippen molar-refractivity contribution in [2.75, 3.05) is 0 Å². The molecule has 1 heterocycles. The summed E-state index contributed by atoms with van der Waals surface area (Å²) in [5, 5.41) is 16.4. The zero-order chi connectivity index (χ0) is 11.7. The maximum Gasteiger partial charge on any atom is 0.325 e. The molecule has 1 aromatic rings. The summed E-state index contributed by atoms with van der Waals surface area (Å²) in [6, 6.07) is -0.00683. The van der Waals surface area contributed by atoms with E-state index in [2.05, 4.69) is 10.4 Å². The average molecular weight is 223 g/mol. The molecular weight excluding hydrogens is 206 g/mol. The Kier molecular flexibility index (Phi) is 2.96. The van der Waals surface area contributed by atoms with Gasteiger partial charge in [0.1, 0.15) is 6.04 Å². The Labute approximate surface area is 94.5 Å². The van der Waals surface area contributed by atoms with Gasteiger partial charge in [-0.1, -0.05) is 0 Å². The topological polar surface area (TPSA) is 67.2 Å². The Balaban J connectivity index is 2.13. The summed E-state index contributed by atoms with van der Waals surface area (Å²) < 4.78 is 1.78. The molecule has 1 aliphatic rings. The van der Waals surface area contributed by atoms with Crippen LogP contribution in [0.25, 0.3) is 0 Å². The molecule has 1 atom stereocenters. The number of aliphatic carboxylic acids is 1. The second-order valence-corrected chi connectivity index (χ2v) is 4.56. The number of carboxylic acids is 1. The van der Waals surface area contributed by atoms with Crippen molar-refractivity contribution in [3.63, 3.8) is 0 Å².